The van der Waals surface area contributed by atoms with Crippen LogP contribution in [0.4, 0.5) is 0 Å². The van der Waals surface area contributed by atoms with E-state index < -0.39 is 5.63 Å². The Morgan fingerprint density at radius 1 is 1.39 bits per heavy atom. The third-order valence-corrected chi connectivity index (χ3v) is 3.17. The van der Waals surface area contributed by atoms with E-state index in [9.17, 15) is 4.79 Å². The SMILES string of the molecule is CCc1c(C#N)c(=O)oc2ccc(C(C)C)cc12. The van der Waals surface area contributed by atoms with Gasteiger partial charge in [0.15, 0.2) is 0 Å². The molecule has 18 heavy (non-hydrogen) atoms. The molecule has 3 nitrogen and oxygen atoms in total. The van der Waals surface area contributed by atoms with Crippen molar-refractivity contribution < 1.29 is 4.42 Å². The summed E-state index contributed by atoms with van der Waals surface area (Å²) >= 11 is 0. The molecule has 0 amide bonds. The second-order valence-electron chi connectivity index (χ2n) is 4.62. The number of aryl methyl sites for hydroxylation is 1. The Kier molecular flexibility index (Phi) is 3.20. The van der Waals surface area contributed by atoms with Crippen LogP contribution < -0.4 is 5.63 Å². The number of nitriles is 1. The number of nitrogens with zero attached hydrogens (tertiary/aromatic N) is 1. The minimum atomic E-state index is -0.542. The Balaban J connectivity index is 2.88. The normalized spacial score (nSPS) is 10.8. The zero-order valence-electron chi connectivity index (χ0n) is 10.8. The fourth-order valence-electron chi connectivity index (χ4n) is 2.12. The van der Waals surface area contributed by atoms with Gasteiger partial charge in [-0.2, -0.15) is 5.26 Å². The molecule has 92 valence electrons. The van der Waals surface area contributed by atoms with Crippen LogP contribution in [-0.4, -0.2) is 0 Å². The largest absolute Gasteiger partial charge is 0.422 e. The smallest absolute Gasteiger partial charge is 0.354 e. The lowest BCUT2D eigenvalue weighted by Gasteiger charge is -2.09. The van der Waals surface area contributed by atoms with Crippen molar-refractivity contribution in [2.45, 2.75) is 33.1 Å². The molecule has 0 saturated heterocycles. The molecule has 0 fully saturated rings. The van der Waals surface area contributed by atoms with Crippen LogP contribution in [0.1, 0.15) is 43.4 Å². The molecule has 0 atom stereocenters. The standard InChI is InChI=1S/C15H15NO2/c1-4-11-12-7-10(9(2)3)5-6-14(12)18-15(17)13(11)8-16/h5-7,9H,4H2,1-3H3. The molecule has 1 heterocycles. The highest BCUT2D eigenvalue weighted by Gasteiger charge is 2.13. The Morgan fingerprint density at radius 2 is 2.11 bits per heavy atom. The quantitative estimate of drug-likeness (QED) is 0.757. The highest BCUT2D eigenvalue weighted by molar-refractivity contribution is 5.83. The maximum absolute atomic E-state index is 11.7. The monoisotopic (exact) mass is 241 g/mol. The third kappa shape index (κ3) is 1.91. The summed E-state index contributed by atoms with van der Waals surface area (Å²) < 4.78 is 5.18. The van der Waals surface area contributed by atoms with E-state index in [2.05, 4.69) is 13.8 Å². The van der Waals surface area contributed by atoms with E-state index in [1.807, 2.05) is 31.2 Å². The average molecular weight is 241 g/mol. The van der Waals surface area contributed by atoms with E-state index in [0.29, 0.717) is 17.9 Å². The molecular weight excluding hydrogens is 226 g/mol. The number of fused-ring (bicyclic) bond motifs is 1. The summed E-state index contributed by atoms with van der Waals surface area (Å²) in [7, 11) is 0. The van der Waals surface area contributed by atoms with Crippen LogP contribution in [0.15, 0.2) is 27.4 Å². The van der Waals surface area contributed by atoms with Crippen molar-refractivity contribution in [2.24, 2.45) is 0 Å². The van der Waals surface area contributed by atoms with Gasteiger partial charge in [0.2, 0.25) is 0 Å². The first kappa shape index (κ1) is 12.4. The topological polar surface area (TPSA) is 54.0 Å². The van der Waals surface area contributed by atoms with E-state index in [1.54, 1.807) is 0 Å². The van der Waals surface area contributed by atoms with E-state index in [-0.39, 0.29) is 5.56 Å². The Labute approximate surface area is 106 Å². The molecule has 0 aliphatic rings. The van der Waals surface area contributed by atoms with Gasteiger partial charge in [0.25, 0.3) is 0 Å². The van der Waals surface area contributed by atoms with Crippen LogP contribution in [0, 0.1) is 11.3 Å². The summed E-state index contributed by atoms with van der Waals surface area (Å²) in [5.41, 5.74) is 2.10. The van der Waals surface area contributed by atoms with Gasteiger partial charge in [-0.3, -0.25) is 0 Å². The highest BCUT2D eigenvalue weighted by atomic mass is 16.4. The zero-order chi connectivity index (χ0) is 13.3. The van der Waals surface area contributed by atoms with E-state index in [4.69, 9.17) is 9.68 Å². The number of hydrogen-bond donors (Lipinski definition) is 0. The molecule has 0 aliphatic carbocycles. The molecule has 2 rings (SSSR count). The first-order valence-electron chi connectivity index (χ1n) is 6.08. The highest BCUT2D eigenvalue weighted by Crippen LogP contribution is 2.25. The summed E-state index contributed by atoms with van der Waals surface area (Å²) in [5.74, 6) is 0.400. The Bertz CT molecular complexity index is 690. The van der Waals surface area contributed by atoms with Gasteiger partial charge in [-0.05, 0) is 35.6 Å². The fraction of sp³-hybridized carbons (Fsp3) is 0.333. The predicted molar refractivity (Wildman–Crippen MR) is 70.7 cm³/mol. The molecule has 0 aliphatic heterocycles. The van der Waals surface area contributed by atoms with Crippen LogP contribution in [0.5, 0.6) is 0 Å². The zero-order valence-corrected chi connectivity index (χ0v) is 10.8. The van der Waals surface area contributed by atoms with Crippen LogP contribution in [0.2, 0.25) is 0 Å². The van der Waals surface area contributed by atoms with Crippen molar-refractivity contribution in [3.05, 3.63) is 45.3 Å². The molecule has 0 saturated carbocycles. The van der Waals surface area contributed by atoms with Crippen molar-refractivity contribution in [1.82, 2.24) is 0 Å². The molecule has 0 N–H and O–H groups in total. The summed E-state index contributed by atoms with van der Waals surface area (Å²) in [6.07, 6.45) is 0.645. The number of hydrogen-bond acceptors (Lipinski definition) is 3. The Morgan fingerprint density at radius 3 is 2.67 bits per heavy atom. The molecule has 2 aromatic rings. The summed E-state index contributed by atoms with van der Waals surface area (Å²) in [6, 6.07) is 7.74. The summed E-state index contributed by atoms with van der Waals surface area (Å²) in [6.45, 7) is 6.16. The van der Waals surface area contributed by atoms with Crippen LogP contribution >= 0.6 is 0 Å². The second-order valence-corrected chi connectivity index (χ2v) is 4.62. The Hall–Kier alpha value is -2.08. The van der Waals surface area contributed by atoms with Gasteiger partial charge < -0.3 is 4.42 Å². The minimum Gasteiger partial charge on any atom is -0.422 e. The van der Waals surface area contributed by atoms with Gasteiger partial charge in [-0.15, -0.1) is 0 Å². The maximum Gasteiger partial charge on any atom is 0.354 e. The second kappa shape index (κ2) is 4.66. The van der Waals surface area contributed by atoms with Crippen molar-refractivity contribution in [2.75, 3.05) is 0 Å². The fourth-order valence-corrected chi connectivity index (χ4v) is 2.12. The van der Waals surface area contributed by atoms with Crippen molar-refractivity contribution in [3.8, 4) is 6.07 Å². The molecule has 1 aromatic carbocycles. The van der Waals surface area contributed by atoms with Crippen molar-refractivity contribution in [3.63, 3.8) is 0 Å². The van der Waals surface area contributed by atoms with E-state index in [0.717, 1.165) is 10.9 Å². The van der Waals surface area contributed by atoms with Gasteiger partial charge in [0.05, 0.1) is 0 Å². The van der Waals surface area contributed by atoms with Gasteiger partial charge in [-0.25, -0.2) is 4.79 Å². The predicted octanol–water partition coefficient (Wildman–Crippen LogP) is 3.35. The van der Waals surface area contributed by atoms with Crippen LogP contribution in [0.25, 0.3) is 11.0 Å². The molecule has 3 heteroatoms. The van der Waals surface area contributed by atoms with Gasteiger partial charge >= 0.3 is 5.63 Å². The lowest BCUT2D eigenvalue weighted by molar-refractivity contribution is 0.556. The summed E-state index contributed by atoms with van der Waals surface area (Å²) in [4.78, 5) is 11.7. The molecule has 0 unspecified atom stereocenters. The van der Waals surface area contributed by atoms with Gasteiger partial charge in [-0.1, -0.05) is 26.8 Å². The van der Waals surface area contributed by atoms with Crippen molar-refractivity contribution >= 4 is 11.0 Å². The minimum absolute atomic E-state index is 0.130. The van der Waals surface area contributed by atoms with Crippen LogP contribution in [0.3, 0.4) is 0 Å². The lowest BCUT2D eigenvalue weighted by atomic mass is 9.97. The van der Waals surface area contributed by atoms with E-state index in [1.165, 1.54) is 5.56 Å². The number of rotatable bonds is 2. The van der Waals surface area contributed by atoms with E-state index >= 15 is 0 Å². The molecule has 0 radical (unpaired) electrons. The molecule has 0 bridgehead atoms. The van der Waals surface area contributed by atoms with Crippen molar-refractivity contribution in [1.29, 1.82) is 5.26 Å². The van der Waals surface area contributed by atoms with Gasteiger partial charge in [0, 0.05) is 5.39 Å². The first-order valence-corrected chi connectivity index (χ1v) is 6.08. The molecule has 1 aromatic heterocycles. The average Bonchev–Trinajstić information content (AvgIpc) is 2.36. The first-order chi connectivity index (χ1) is 8.58. The lowest BCUT2D eigenvalue weighted by Crippen LogP contribution is -2.08. The number of benzene rings is 1. The summed E-state index contributed by atoms with van der Waals surface area (Å²) in [5, 5.41) is 9.93. The van der Waals surface area contributed by atoms with Gasteiger partial charge in [0.1, 0.15) is 17.2 Å². The third-order valence-electron chi connectivity index (χ3n) is 3.17. The van der Waals surface area contributed by atoms with Crippen LogP contribution in [-0.2, 0) is 6.42 Å². The maximum atomic E-state index is 11.7. The molecular formula is C15H15NO2. The molecule has 0 spiro atoms.